The molecule has 0 aliphatic carbocycles. The number of ether oxygens (including phenoxy) is 1. The van der Waals surface area contributed by atoms with E-state index in [1.165, 1.54) is 19.2 Å². The lowest BCUT2D eigenvalue weighted by Crippen LogP contribution is -2.09. The number of rotatable bonds is 3. The summed E-state index contributed by atoms with van der Waals surface area (Å²) < 4.78 is 10.2. The van der Waals surface area contributed by atoms with Gasteiger partial charge in [0.05, 0.1) is 18.9 Å². The first kappa shape index (κ1) is 17.2. The molecule has 8 nitrogen and oxygen atoms in total. The zero-order valence-corrected chi connectivity index (χ0v) is 13.5. The van der Waals surface area contributed by atoms with Crippen molar-refractivity contribution in [2.24, 2.45) is 0 Å². The van der Waals surface area contributed by atoms with E-state index in [0.717, 1.165) is 18.2 Å². The van der Waals surface area contributed by atoms with Gasteiger partial charge in [0, 0.05) is 17.7 Å². The van der Waals surface area contributed by atoms with Gasteiger partial charge in [0.1, 0.15) is 17.1 Å². The summed E-state index contributed by atoms with van der Waals surface area (Å²) in [6.07, 6.45) is -0.230. The Morgan fingerprint density at radius 1 is 1.04 bits per heavy atom. The van der Waals surface area contributed by atoms with Gasteiger partial charge in [0.2, 0.25) is 0 Å². The van der Waals surface area contributed by atoms with E-state index >= 15 is 0 Å². The van der Waals surface area contributed by atoms with Gasteiger partial charge in [-0.15, -0.1) is 0 Å². The summed E-state index contributed by atoms with van der Waals surface area (Å²) in [6, 6.07) is 5.81. The SMILES string of the molecule is COC(=O)Cc1cc(O)cc2oc(-c3cc(O)c(O)c(O)c3)cc(=O)c12. The Bertz CT molecular complexity index is 1060. The summed E-state index contributed by atoms with van der Waals surface area (Å²) in [5, 5.41) is 38.6. The maximum atomic E-state index is 12.5. The molecular formula is C18H14O8. The second-order valence-corrected chi connectivity index (χ2v) is 5.57. The number of hydrogen-bond donors (Lipinski definition) is 4. The quantitative estimate of drug-likeness (QED) is 0.412. The number of hydrogen-bond acceptors (Lipinski definition) is 8. The molecule has 1 aromatic heterocycles. The second-order valence-electron chi connectivity index (χ2n) is 5.57. The smallest absolute Gasteiger partial charge is 0.310 e. The number of esters is 1. The summed E-state index contributed by atoms with van der Waals surface area (Å²) in [4.78, 5) is 24.1. The van der Waals surface area contributed by atoms with Crippen molar-refractivity contribution < 1.29 is 34.4 Å². The highest BCUT2D eigenvalue weighted by Crippen LogP contribution is 2.39. The number of phenolic OH excluding ortho intramolecular Hbond substituents is 4. The predicted octanol–water partition coefficient (Wildman–Crippen LogP) is 2.00. The van der Waals surface area contributed by atoms with Crippen LogP contribution in [-0.4, -0.2) is 33.5 Å². The minimum Gasteiger partial charge on any atom is -0.508 e. The molecule has 0 spiro atoms. The third kappa shape index (κ3) is 3.00. The maximum Gasteiger partial charge on any atom is 0.310 e. The van der Waals surface area contributed by atoms with Gasteiger partial charge in [-0.3, -0.25) is 9.59 Å². The van der Waals surface area contributed by atoms with Gasteiger partial charge in [-0.1, -0.05) is 0 Å². The van der Waals surface area contributed by atoms with Gasteiger partial charge < -0.3 is 29.6 Å². The van der Waals surface area contributed by atoms with Crippen LogP contribution in [0.3, 0.4) is 0 Å². The van der Waals surface area contributed by atoms with Gasteiger partial charge in [0.15, 0.2) is 22.7 Å². The van der Waals surface area contributed by atoms with E-state index in [1.807, 2.05) is 0 Å². The molecule has 2 aromatic carbocycles. The largest absolute Gasteiger partial charge is 0.508 e. The van der Waals surface area contributed by atoms with Crippen molar-refractivity contribution in [1.29, 1.82) is 0 Å². The van der Waals surface area contributed by atoms with Crippen LogP contribution in [0.4, 0.5) is 0 Å². The Morgan fingerprint density at radius 3 is 2.31 bits per heavy atom. The van der Waals surface area contributed by atoms with Crippen LogP contribution in [0.1, 0.15) is 5.56 Å². The average molecular weight is 358 g/mol. The minimum absolute atomic E-state index is 0.0114. The average Bonchev–Trinajstić information content (AvgIpc) is 2.58. The number of fused-ring (bicyclic) bond motifs is 1. The Balaban J connectivity index is 2.23. The van der Waals surface area contributed by atoms with Crippen molar-refractivity contribution in [3.63, 3.8) is 0 Å². The molecule has 0 saturated heterocycles. The summed E-state index contributed by atoms with van der Waals surface area (Å²) in [7, 11) is 1.21. The summed E-state index contributed by atoms with van der Waals surface area (Å²) in [5.74, 6) is -2.70. The molecule has 134 valence electrons. The molecule has 8 heteroatoms. The van der Waals surface area contributed by atoms with Gasteiger partial charge in [0.25, 0.3) is 0 Å². The van der Waals surface area contributed by atoms with Gasteiger partial charge in [-0.2, -0.15) is 0 Å². The number of benzene rings is 2. The van der Waals surface area contributed by atoms with Crippen molar-refractivity contribution >= 4 is 16.9 Å². The molecule has 0 amide bonds. The normalized spacial score (nSPS) is 10.8. The third-order valence-electron chi connectivity index (χ3n) is 3.81. The number of methoxy groups -OCH3 is 1. The maximum absolute atomic E-state index is 12.5. The van der Waals surface area contributed by atoms with Crippen LogP contribution in [-0.2, 0) is 16.0 Å². The number of carbonyl (C=O) groups is 1. The van der Waals surface area contributed by atoms with Crippen LogP contribution in [0, 0.1) is 0 Å². The lowest BCUT2D eigenvalue weighted by Gasteiger charge is -2.09. The van der Waals surface area contributed by atoms with Crippen molar-refractivity contribution in [2.75, 3.05) is 7.11 Å². The molecule has 0 unspecified atom stereocenters. The third-order valence-corrected chi connectivity index (χ3v) is 3.81. The standard InChI is InChI=1S/C18H14O8/c1-25-16(23)5-9-2-10(19)6-15-17(9)11(20)7-14(26-15)8-3-12(21)18(24)13(22)4-8/h2-4,6-7,19,21-22,24H,5H2,1H3. The van der Waals surface area contributed by atoms with Gasteiger partial charge >= 0.3 is 5.97 Å². The number of aromatic hydroxyl groups is 4. The van der Waals surface area contributed by atoms with Crippen LogP contribution < -0.4 is 5.43 Å². The first-order valence-electron chi connectivity index (χ1n) is 7.42. The molecule has 0 saturated carbocycles. The second kappa shape index (κ2) is 6.32. The summed E-state index contributed by atoms with van der Waals surface area (Å²) in [6.45, 7) is 0. The molecule has 3 rings (SSSR count). The molecule has 0 aliphatic heterocycles. The molecule has 0 atom stereocenters. The molecule has 0 radical (unpaired) electrons. The van der Waals surface area contributed by atoms with E-state index in [4.69, 9.17) is 4.42 Å². The fourth-order valence-electron chi connectivity index (χ4n) is 2.61. The van der Waals surface area contributed by atoms with E-state index < -0.39 is 28.6 Å². The van der Waals surface area contributed by atoms with E-state index in [2.05, 4.69) is 4.74 Å². The van der Waals surface area contributed by atoms with Gasteiger partial charge in [-0.05, 0) is 23.8 Å². The molecule has 0 bridgehead atoms. The predicted molar refractivity (Wildman–Crippen MR) is 90.3 cm³/mol. The zero-order chi connectivity index (χ0) is 19.0. The van der Waals surface area contributed by atoms with E-state index in [9.17, 15) is 30.0 Å². The topological polar surface area (TPSA) is 137 Å². The van der Waals surface area contributed by atoms with Crippen LogP contribution in [0.5, 0.6) is 23.0 Å². The zero-order valence-electron chi connectivity index (χ0n) is 13.5. The first-order chi connectivity index (χ1) is 12.3. The van der Waals surface area contributed by atoms with Crippen LogP contribution in [0.15, 0.2) is 39.5 Å². The lowest BCUT2D eigenvalue weighted by atomic mass is 10.0. The molecule has 3 aromatic rings. The Kier molecular flexibility index (Phi) is 4.17. The van der Waals surface area contributed by atoms with Crippen molar-refractivity contribution in [1.82, 2.24) is 0 Å². The van der Waals surface area contributed by atoms with Crippen LogP contribution >= 0.6 is 0 Å². The molecule has 0 aliphatic rings. The summed E-state index contributed by atoms with van der Waals surface area (Å²) in [5.41, 5.74) is -0.108. The highest BCUT2D eigenvalue weighted by atomic mass is 16.5. The molecule has 0 fully saturated rings. The number of carbonyl (C=O) groups excluding carboxylic acids is 1. The molecule has 26 heavy (non-hydrogen) atoms. The Labute approximate surface area is 146 Å². The Morgan fingerprint density at radius 2 is 1.69 bits per heavy atom. The van der Waals surface area contributed by atoms with Crippen LogP contribution in [0.25, 0.3) is 22.3 Å². The minimum atomic E-state index is -0.699. The van der Waals surface area contributed by atoms with Crippen LogP contribution in [0.2, 0.25) is 0 Å². The summed E-state index contributed by atoms with van der Waals surface area (Å²) >= 11 is 0. The van der Waals surface area contributed by atoms with Crippen molar-refractivity contribution in [2.45, 2.75) is 6.42 Å². The fraction of sp³-hybridized carbons (Fsp3) is 0.111. The number of phenols is 4. The highest BCUT2D eigenvalue weighted by molar-refractivity contribution is 5.87. The highest BCUT2D eigenvalue weighted by Gasteiger charge is 2.17. The molecular weight excluding hydrogens is 344 g/mol. The monoisotopic (exact) mass is 358 g/mol. The molecule has 4 N–H and O–H groups in total. The van der Waals surface area contributed by atoms with Crippen molar-refractivity contribution in [3.05, 3.63) is 46.1 Å². The van der Waals surface area contributed by atoms with E-state index in [1.54, 1.807) is 0 Å². The molecule has 1 heterocycles. The first-order valence-corrected chi connectivity index (χ1v) is 7.42. The van der Waals surface area contributed by atoms with E-state index in [-0.39, 0.29) is 40.0 Å². The fourth-order valence-corrected chi connectivity index (χ4v) is 2.61. The lowest BCUT2D eigenvalue weighted by molar-refractivity contribution is -0.139. The van der Waals surface area contributed by atoms with E-state index in [0.29, 0.717) is 0 Å². The van der Waals surface area contributed by atoms with Crippen molar-refractivity contribution in [3.8, 4) is 34.3 Å². The Hall–Kier alpha value is -3.68. The van der Waals surface area contributed by atoms with Gasteiger partial charge in [-0.25, -0.2) is 0 Å².